The number of ketones is 3. The number of aliphatic hydroxyl groups excluding tert-OH is 1. The number of benzene rings is 1. The van der Waals surface area contributed by atoms with E-state index in [0.29, 0.717) is 12.8 Å². The van der Waals surface area contributed by atoms with E-state index >= 15 is 4.79 Å². The summed E-state index contributed by atoms with van der Waals surface area (Å²) in [4.78, 5) is 45.1. The van der Waals surface area contributed by atoms with Crippen LogP contribution in [0.25, 0.3) is 0 Å². The molecule has 0 radical (unpaired) electrons. The van der Waals surface area contributed by atoms with Gasteiger partial charge in [0.05, 0.1) is 5.41 Å². The molecular formula is C38H50O6. The van der Waals surface area contributed by atoms with Crippen LogP contribution in [-0.4, -0.2) is 32.7 Å². The number of phenolic OH excluding ortho intramolecular Hbond substituents is 2. The second-order valence-corrected chi connectivity index (χ2v) is 14.2. The quantitative estimate of drug-likeness (QED) is 0.101. The van der Waals surface area contributed by atoms with Crippen molar-refractivity contribution >= 4 is 17.3 Å². The van der Waals surface area contributed by atoms with Crippen molar-refractivity contribution in [1.82, 2.24) is 0 Å². The molecule has 0 heterocycles. The maximum absolute atomic E-state index is 15.3. The Morgan fingerprint density at radius 3 is 2.05 bits per heavy atom. The number of phenols is 2. The molecule has 0 aliphatic heterocycles. The third kappa shape index (κ3) is 5.88. The number of allylic oxidation sites excluding steroid dienone is 9. The van der Waals surface area contributed by atoms with Gasteiger partial charge in [-0.15, -0.1) is 0 Å². The van der Waals surface area contributed by atoms with Gasteiger partial charge in [-0.2, -0.15) is 0 Å². The molecule has 0 spiro atoms. The zero-order chi connectivity index (χ0) is 33.4. The smallest absolute Gasteiger partial charge is 0.184 e. The van der Waals surface area contributed by atoms with Crippen molar-refractivity contribution in [3.63, 3.8) is 0 Å². The number of rotatable bonds is 11. The van der Waals surface area contributed by atoms with Crippen LogP contribution < -0.4 is 0 Å². The highest BCUT2D eigenvalue weighted by Gasteiger charge is 2.75. The Hall–Kier alpha value is -3.67. The van der Waals surface area contributed by atoms with Gasteiger partial charge >= 0.3 is 0 Å². The molecule has 1 aromatic carbocycles. The number of carbonyl (C=O) groups excluding carboxylic acids is 3. The van der Waals surface area contributed by atoms with E-state index in [1.54, 1.807) is 0 Å². The van der Waals surface area contributed by atoms with Crippen molar-refractivity contribution in [2.24, 2.45) is 28.1 Å². The molecule has 1 fully saturated rings. The van der Waals surface area contributed by atoms with Gasteiger partial charge in [0, 0.05) is 11.1 Å². The van der Waals surface area contributed by atoms with Crippen molar-refractivity contribution in [3.05, 3.63) is 82.2 Å². The molecule has 1 saturated carbocycles. The summed E-state index contributed by atoms with van der Waals surface area (Å²) in [5.74, 6) is -3.68. The second-order valence-electron chi connectivity index (χ2n) is 14.2. The maximum atomic E-state index is 15.3. The van der Waals surface area contributed by atoms with Gasteiger partial charge in [-0.05, 0) is 116 Å². The van der Waals surface area contributed by atoms with Gasteiger partial charge in [0.15, 0.2) is 34.3 Å². The largest absolute Gasteiger partial charge is 0.511 e. The number of hydrogen-bond donors (Lipinski definition) is 3. The first kappa shape index (κ1) is 34.8. The molecule has 6 nitrogen and oxygen atoms in total. The lowest BCUT2D eigenvalue weighted by molar-refractivity contribution is -0.166. The van der Waals surface area contributed by atoms with Gasteiger partial charge < -0.3 is 15.3 Å². The molecular weight excluding hydrogens is 552 g/mol. The van der Waals surface area contributed by atoms with Crippen LogP contribution in [-0.2, 0) is 9.59 Å². The first-order valence-electron chi connectivity index (χ1n) is 15.5. The fraction of sp³-hybridized carbons (Fsp3) is 0.500. The molecule has 3 N–H and O–H groups in total. The second kappa shape index (κ2) is 12.7. The SMILES string of the molecule is C=C(C)[C@@H](CC=C(C)C)C[C@@]12C[C@H](CC=C(C)C)C(C)(C)[C@@](C(=O)c3ccc(O)c(O)c3)(C(=O)C(CC=C(C)C)=C1O)C2=O. The minimum Gasteiger partial charge on any atom is -0.511 e. The average Bonchev–Trinajstić information content (AvgIpc) is 2.91. The molecule has 1 aromatic rings. The molecule has 0 saturated heterocycles. The summed E-state index contributed by atoms with van der Waals surface area (Å²) < 4.78 is 0. The monoisotopic (exact) mass is 602 g/mol. The summed E-state index contributed by atoms with van der Waals surface area (Å²) in [6, 6.07) is 3.64. The topological polar surface area (TPSA) is 112 Å². The number of Topliss-reactive ketones (excluding diaryl/α,β-unsaturated/α-hetero) is 3. The van der Waals surface area contributed by atoms with Gasteiger partial charge in [0.2, 0.25) is 0 Å². The third-order valence-corrected chi connectivity index (χ3v) is 9.92. The standard InChI is InChI=1S/C38H50O6/c1-22(2)11-14-27(25(7)8)20-37-21-28(16-12-23(3)4)36(9,10)38(35(37)44,32(41)26-15-18-30(39)31(40)19-26)34(43)29(33(37)42)17-13-24(5)6/h11-13,15,18-19,27-28,39-40,42H,7,14,16-17,20-21H2,1-6,8-10H3/t27-,28-,37+,38-/m0/s1. The summed E-state index contributed by atoms with van der Waals surface area (Å²) in [7, 11) is 0. The summed E-state index contributed by atoms with van der Waals surface area (Å²) >= 11 is 0. The average molecular weight is 603 g/mol. The number of hydrogen-bond acceptors (Lipinski definition) is 6. The highest BCUT2D eigenvalue weighted by atomic mass is 16.3. The van der Waals surface area contributed by atoms with Crippen LogP contribution in [0.4, 0.5) is 0 Å². The zero-order valence-corrected chi connectivity index (χ0v) is 27.9. The Labute approximate surface area is 263 Å². The number of fused-ring (bicyclic) bond motifs is 2. The molecule has 2 bridgehead atoms. The van der Waals surface area contributed by atoms with Crippen molar-refractivity contribution in [2.45, 2.75) is 94.4 Å². The Morgan fingerprint density at radius 2 is 1.52 bits per heavy atom. The van der Waals surface area contributed by atoms with Crippen molar-refractivity contribution in [1.29, 1.82) is 0 Å². The van der Waals surface area contributed by atoms with Gasteiger partial charge in [0.25, 0.3) is 0 Å². The number of carbonyl (C=O) groups is 3. The summed E-state index contributed by atoms with van der Waals surface area (Å²) in [6.07, 6.45) is 7.66. The van der Waals surface area contributed by atoms with Crippen LogP contribution >= 0.6 is 0 Å². The van der Waals surface area contributed by atoms with Gasteiger partial charge in [0.1, 0.15) is 5.76 Å². The molecule has 3 rings (SSSR count). The van der Waals surface area contributed by atoms with Crippen molar-refractivity contribution < 1.29 is 29.7 Å². The normalized spacial score (nSPS) is 24.8. The Morgan fingerprint density at radius 1 is 0.932 bits per heavy atom. The predicted molar refractivity (Wildman–Crippen MR) is 176 cm³/mol. The molecule has 2 aliphatic rings. The van der Waals surface area contributed by atoms with Crippen LogP contribution in [0.1, 0.15) is 105 Å². The minimum absolute atomic E-state index is 0.0456. The van der Waals surface area contributed by atoms with E-state index in [1.165, 1.54) is 12.1 Å². The lowest BCUT2D eigenvalue weighted by Gasteiger charge is -2.60. The van der Waals surface area contributed by atoms with Crippen LogP contribution in [0.15, 0.2) is 76.6 Å². The first-order chi connectivity index (χ1) is 20.3. The summed E-state index contributed by atoms with van der Waals surface area (Å²) in [6.45, 7) is 21.5. The third-order valence-electron chi connectivity index (χ3n) is 9.92. The fourth-order valence-corrected chi connectivity index (χ4v) is 7.11. The minimum atomic E-state index is -2.16. The molecule has 0 amide bonds. The molecule has 2 aliphatic carbocycles. The van der Waals surface area contributed by atoms with Crippen LogP contribution in [0.2, 0.25) is 0 Å². The molecule has 44 heavy (non-hydrogen) atoms. The first-order valence-corrected chi connectivity index (χ1v) is 15.5. The Kier molecular flexibility index (Phi) is 10.1. The Bertz CT molecular complexity index is 1490. The van der Waals surface area contributed by atoms with Crippen molar-refractivity contribution in [2.75, 3.05) is 0 Å². The van der Waals surface area contributed by atoms with Crippen LogP contribution in [0, 0.1) is 28.1 Å². The molecule has 6 heteroatoms. The predicted octanol–water partition coefficient (Wildman–Crippen LogP) is 8.91. The summed E-state index contributed by atoms with van der Waals surface area (Å²) in [5.41, 5.74) is -0.811. The summed E-state index contributed by atoms with van der Waals surface area (Å²) in [5, 5.41) is 32.5. The zero-order valence-electron chi connectivity index (χ0n) is 27.9. The fourth-order valence-electron chi connectivity index (χ4n) is 7.11. The van der Waals surface area contributed by atoms with Gasteiger partial charge in [-0.25, -0.2) is 0 Å². The number of aliphatic hydroxyl groups is 1. The highest BCUT2D eigenvalue weighted by molar-refractivity contribution is 6.36. The van der Waals surface area contributed by atoms with E-state index in [-0.39, 0.29) is 48.0 Å². The van der Waals surface area contributed by atoms with E-state index in [0.717, 1.165) is 28.4 Å². The lowest BCUT2D eigenvalue weighted by atomic mass is 9.39. The molecule has 238 valence electrons. The van der Waals surface area contributed by atoms with E-state index in [2.05, 4.69) is 18.7 Å². The van der Waals surface area contributed by atoms with E-state index < -0.39 is 45.1 Å². The lowest BCUT2D eigenvalue weighted by Crippen LogP contribution is -2.70. The molecule has 4 atom stereocenters. The van der Waals surface area contributed by atoms with Gasteiger partial charge in [-0.3, -0.25) is 14.4 Å². The molecule has 0 unspecified atom stereocenters. The van der Waals surface area contributed by atoms with Crippen LogP contribution in [0.3, 0.4) is 0 Å². The molecule has 0 aromatic heterocycles. The Balaban J connectivity index is 2.48. The number of aromatic hydroxyl groups is 2. The maximum Gasteiger partial charge on any atom is 0.184 e. The van der Waals surface area contributed by atoms with E-state index in [4.69, 9.17) is 0 Å². The highest BCUT2D eigenvalue weighted by Crippen LogP contribution is 2.66. The van der Waals surface area contributed by atoms with Crippen molar-refractivity contribution in [3.8, 4) is 11.5 Å². The van der Waals surface area contributed by atoms with E-state index in [9.17, 15) is 24.9 Å². The van der Waals surface area contributed by atoms with E-state index in [1.807, 2.05) is 68.4 Å². The van der Waals surface area contributed by atoms with Gasteiger partial charge in [-0.1, -0.05) is 60.9 Å². The van der Waals surface area contributed by atoms with Crippen LogP contribution in [0.5, 0.6) is 11.5 Å².